The number of halogens is 8. The van der Waals surface area contributed by atoms with Crippen LogP contribution in [0.2, 0.25) is 0 Å². The molecule has 290 valence electrons. The van der Waals surface area contributed by atoms with Crippen LogP contribution in [0.15, 0.2) is 146 Å². The van der Waals surface area contributed by atoms with E-state index in [4.69, 9.17) is 0 Å². The Labute approximate surface area is 321 Å². The van der Waals surface area contributed by atoms with Gasteiger partial charge in [0.2, 0.25) is 0 Å². The van der Waals surface area contributed by atoms with Crippen molar-refractivity contribution >= 4 is 22.4 Å². The van der Waals surface area contributed by atoms with E-state index >= 15 is 0 Å². The van der Waals surface area contributed by atoms with E-state index in [1.54, 1.807) is 58.1 Å². The summed E-state index contributed by atoms with van der Waals surface area (Å²) in [6.07, 6.45) is -1.88. The summed E-state index contributed by atoms with van der Waals surface area (Å²) < 4.78 is 106. The van der Waals surface area contributed by atoms with Gasteiger partial charge in [-0.3, -0.25) is 0 Å². The molecule has 0 fully saturated rings. The molecule has 0 radical (unpaired) electrons. The van der Waals surface area contributed by atoms with E-state index in [9.17, 15) is 35.1 Å². The number of anilines is 2. The monoisotopic (exact) mass is 784 g/mol. The second-order valence-electron chi connectivity index (χ2n) is 13.2. The van der Waals surface area contributed by atoms with Gasteiger partial charge in [-0.2, -0.15) is 36.5 Å². The smallest absolute Gasteiger partial charge is 0.381 e. The lowest BCUT2D eigenvalue weighted by molar-refractivity contribution is -0.138. The number of benzene rings is 4. The van der Waals surface area contributed by atoms with Crippen molar-refractivity contribution in [2.75, 3.05) is 17.3 Å². The molecular weight excluding hydrogens is 752 g/mol. The van der Waals surface area contributed by atoms with Crippen molar-refractivity contribution in [1.29, 1.82) is 0 Å². The quantitative estimate of drug-likeness (QED) is 0.156. The van der Waals surface area contributed by atoms with E-state index in [0.29, 0.717) is 24.2 Å². The third kappa shape index (κ3) is 9.07. The van der Waals surface area contributed by atoms with E-state index in [1.165, 1.54) is 48.5 Å². The molecule has 0 atom stereocenters. The van der Waals surface area contributed by atoms with Gasteiger partial charge in [0.15, 0.2) is 0 Å². The Kier molecular flexibility index (Phi) is 10.7. The Bertz CT molecular complexity index is 2590. The molecule has 14 heteroatoms. The zero-order chi connectivity index (χ0) is 40.3. The van der Waals surface area contributed by atoms with Crippen LogP contribution in [0.4, 0.5) is 46.5 Å². The van der Waals surface area contributed by atoms with Crippen LogP contribution in [0, 0.1) is 11.6 Å². The summed E-state index contributed by atoms with van der Waals surface area (Å²) in [5.41, 5.74) is 6.60. The van der Waals surface area contributed by atoms with Gasteiger partial charge in [-0.15, -0.1) is 0 Å². The van der Waals surface area contributed by atoms with Gasteiger partial charge in [0.1, 0.15) is 11.6 Å². The lowest BCUT2D eigenvalue weighted by atomic mass is 10.0. The third-order valence-electron chi connectivity index (χ3n) is 9.26. The predicted molar refractivity (Wildman–Crippen MR) is 203 cm³/mol. The Balaban J connectivity index is 0.000000174. The molecule has 4 aromatic carbocycles. The van der Waals surface area contributed by atoms with Gasteiger partial charge in [-0.1, -0.05) is 48.5 Å². The molecule has 0 amide bonds. The van der Waals surface area contributed by atoms with Crippen LogP contribution in [0.5, 0.6) is 0 Å². The first-order valence-corrected chi connectivity index (χ1v) is 17.5. The Morgan fingerprint density at radius 3 is 1.51 bits per heavy atom. The lowest BCUT2D eigenvalue weighted by Gasteiger charge is -2.19. The van der Waals surface area contributed by atoms with Crippen molar-refractivity contribution < 1.29 is 35.1 Å². The zero-order valence-electron chi connectivity index (χ0n) is 30.0. The second-order valence-corrected chi connectivity index (χ2v) is 13.2. The van der Waals surface area contributed by atoms with Crippen LogP contribution >= 0.6 is 0 Å². The number of hydrogen-bond donors (Lipinski definition) is 1. The molecule has 0 unspecified atom stereocenters. The molecular formula is C43H32F8N6. The Morgan fingerprint density at radius 2 is 1.02 bits per heavy atom. The average Bonchev–Trinajstić information content (AvgIpc) is 3.82. The average molecular weight is 785 g/mol. The number of aromatic nitrogens is 4. The first kappa shape index (κ1) is 38.6. The molecule has 0 saturated heterocycles. The molecule has 4 heterocycles. The van der Waals surface area contributed by atoms with Crippen molar-refractivity contribution in [2.45, 2.75) is 25.4 Å². The fraction of sp³-hybridized carbons (Fsp3) is 0.116. The molecule has 8 rings (SSSR count). The van der Waals surface area contributed by atoms with E-state index in [-0.39, 0.29) is 11.6 Å². The van der Waals surface area contributed by atoms with E-state index in [1.807, 2.05) is 36.2 Å². The highest BCUT2D eigenvalue weighted by molar-refractivity contribution is 5.83. The zero-order valence-corrected chi connectivity index (χ0v) is 30.0. The van der Waals surface area contributed by atoms with Crippen LogP contribution in [0.3, 0.4) is 0 Å². The minimum Gasteiger partial charge on any atom is -0.381 e. The fourth-order valence-electron chi connectivity index (χ4n) is 6.18. The highest BCUT2D eigenvalue weighted by Crippen LogP contribution is 2.34. The van der Waals surface area contributed by atoms with Crippen LogP contribution in [0.1, 0.15) is 22.3 Å². The van der Waals surface area contributed by atoms with Gasteiger partial charge >= 0.3 is 12.4 Å². The minimum absolute atomic E-state index is 0.279. The van der Waals surface area contributed by atoms with Crippen molar-refractivity contribution in [3.8, 4) is 22.3 Å². The normalized spacial score (nSPS) is 11.7. The highest BCUT2D eigenvalue weighted by Gasteiger charge is 2.31. The maximum Gasteiger partial charge on any atom is 0.416 e. The molecule has 0 spiro atoms. The molecule has 0 aliphatic rings. The number of alkyl halides is 6. The Hall–Kier alpha value is -6.70. The molecule has 0 saturated carbocycles. The summed E-state index contributed by atoms with van der Waals surface area (Å²) in [4.78, 5) is 2.01. The van der Waals surface area contributed by atoms with Gasteiger partial charge < -0.3 is 10.2 Å². The fourth-order valence-corrected chi connectivity index (χ4v) is 6.18. The van der Waals surface area contributed by atoms with E-state index in [0.717, 1.165) is 68.9 Å². The Morgan fingerprint density at radius 1 is 0.561 bits per heavy atom. The summed E-state index contributed by atoms with van der Waals surface area (Å²) >= 11 is 0. The molecule has 0 aliphatic heterocycles. The summed E-state index contributed by atoms with van der Waals surface area (Å²) in [5.74, 6) is -0.566. The molecule has 0 aliphatic carbocycles. The molecule has 57 heavy (non-hydrogen) atoms. The first-order valence-electron chi connectivity index (χ1n) is 17.5. The van der Waals surface area contributed by atoms with Crippen molar-refractivity contribution in [1.82, 2.24) is 19.2 Å². The van der Waals surface area contributed by atoms with Gasteiger partial charge in [-0.05, 0) is 95.1 Å². The van der Waals surface area contributed by atoms with E-state index < -0.39 is 23.5 Å². The SMILES string of the molecule is CN(Cc1ccc(F)cc1)c1ccn2ncc(-c3ccc(C(F)(F)F)cc3)c2c1.Fc1ccc(CNc2ccn3ncc(-c4ccc(C(F)(F)F)cc4)c3c2)cc1. The minimum atomic E-state index is -4.37. The van der Waals surface area contributed by atoms with Gasteiger partial charge in [0, 0.05) is 55.0 Å². The number of hydrogen-bond acceptors (Lipinski definition) is 4. The second kappa shape index (κ2) is 15.8. The predicted octanol–water partition coefficient (Wildman–Crippen LogP) is 11.6. The largest absolute Gasteiger partial charge is 0.416 e. The molecule has 4 aromatic heterocycles. The first-order chi connectivity index (χ1) is 27.2. The summed E-state index contributed by atoms with van der Waals surface area (Å²) in [7, 11) is 1.92. The van der Waals surface area contributed by atoms with Crippen LogP contribution < -0.4 is 10.2 Å². The third-order valence-corrected chi connectivity index (χ3v) is 9.26. The molecule has 0 bridgehead atoms. The van der Waals surface area contributed by atoms with Crippen molar-refractivity contribution in [3.63, 3.8) is 0 Å². The number of fused-ring (bicyclic) bond motifs is 2. The number of nitrogens with zero attached hydrogens (tertiary/aromatic N) is 5. The van der Waals surface area contributed by atoms with Gasteiger partial charge in [0.25, 0.3) is 0 Å². The van der Waals surface area contributed by atoms with Crippen molar-refractivity contribution in [2.24, 2.45) is 0 Å². The number of pyridine rings is 2. The maximum atomic E-state index is 13.1. The standard InChI is InChI=1S/C22H17F4N3.C21H15F4N3/c1-28(14-15-2-8-18(23)9-3-15)19-10-11-29-21(12-19)20(13-27-29)16-4-6-17(7-5-16)22(24,25)26;22-17-7-1-14(2-8-17)12-26-18-9-10-28-20(11-18)19(13-27-28)15-3-5-16(6-4-15)21(23,24)25/h2-13H,14H2,1H3;1-11,13,26H,12H2. The summed E-state index contributed by atoms with van der Waals surface area (Å²) in [6, 6.07) is 30.2. The van der Waals surface area contributed by atoms with Gasteiger partial charge in [-0.25, -0.2) is 17.8 Å². The van der Waals surface area contributed by atoms with E-state index in [2.05, 4.69) is 15.5 Å². The maximum absolute atomic E-state index is 13.1. The molecule has 6 nitrogen and oxygen atoms in total. The topological polar surface area (TPSA) is 49.9 Å². The number of nitrogens with one attached hydrogen (secondary N) is 1. The van der Waals surface area contributed by atoms with Crippen LogP contribution in [-0.2, 0) is 25.4 Å². The molecule has 8 aromatic rings. The molecule has 1 N–H and O–H groups in total. The highest BCUT2D eigenvalue weighted by atomic mass is 19.4. The van der Waals surface area contributed by atoms with Crippen LogP contribution in [0.25, 0.3) is 33.3 Å². The number of rotatable bonds is 8. The summed E-state index contributed by atoms with van der Waals surface area (Å²) in [6.45, 7) is 1.10. The lowest BCUT2D eigenvalue weighted by Crippen LogP contribution is -2.16. The van der Waals surface area contributed by atoms with Crippen LogP contribution in [-0.4, -0.2) is 26.3 Å². The van der Waals surface area contributed by atoms with Gasteiger partial charge in [0.05, 0.1) is 34.6 Å². The van der Waals surface area contributed by atoms with Crippen molar-refractivity contribution in [3.05, 3.63) is 180 Å². The summed E-state index contributed by atoms with van der Waals surface area (Å²) in [5, 5.41) is 11.8.